The maximum atomic E-state index is 11.0. The van der Waals surface area contributed by atoms with Crippen molar-refractivity contribution in [1.82, 2.24) is 0 Å². The van der Waals surface area contributed by atoms with Gasteiger partial charge in [0.05, 0.1) is 26.4 Å². The summed E-state index contributed by atoms with van der Waals surface area (Å²) in [4.78, 5) is 22.0. The Balaban J connectivity index is 3.60. The normalized spacial score (nSPS) is 13.2. The van der Waals surface area contributed by atoms with Crippen LogP contribution in [0.4, 0.5) is 0 Å². The maximum Gasteiger partial charge on any atom is 0.305 e. The van der Waals surface area contributed by atoms with Crippen LogP contribution in [0.5, 0.6) is 0 Å². The Bertz CT molecular complexity index is 372. The van der Waals surface area contributed by atoms with Crippen molar-refractivity contribution in [3.8, 4) is 0 Å². The average Bonchev–Trinajstić information content (AvgIpc) is 2.68. The van der Waals surface area contributed by atoms with E-state index in [-0.39, 0.29) is 18.0 Å². The van der Waals surface area contributed by atoms with Gasteiger partial charge in [0.15, 0.2) is 0 Å². The highest BCUT2D eigenvalue weighted by Gasteiger charge is 2.17. The summed E-state index contributed by atoms with van der Waals surface area (Å²) in [6.45, 7) is 0. The molecular weight excluding hydrogens is 348 g/mol. The zero-order valence-corrected chi connectivity index (χ0v) is 17.5. The van der Waals surface area contributed by atoms with Gasteiger partial charge < -0.3 is 19.3 Å². The number of hydrogen-bond donors (Lipinski definition) is 1. The lowest BCUT2D eigenvalue weighted by atomic mass is 9.99. The fraction of sp³-hybridized carbons (Fsp3) is 0.905. The third-order valence-electron chi connectivity index (χ3n) is 4.94. The summed E-state index contributed by atoms with van der Waals surface area (Å²) in [6.07, 6.45) is 12.2. The number of esters is 2. The highest BCUT2D eigenvalue weighted by Crippen LogP contribution is 2.17. The van der Waals surface area contributed by atoms with Gasteiger partial charge >= 0.3 is 11.9 Å². The van der Waals surface area contributed by atoms with E-state index < -0.39 is 6.10 Å². The number of rotatable bonds is 18. The molecule has 0 fully saturated rings. The lowest BCUT2D eigenvalue weighted by Crippen LogP contribution is -2.27. The number of hydrogen-bond acceptors (Lipinski definition) is 6. The fourth-order valence-electron chi connectivity index (χ4n) is 3.16. The van der Waals surface area contributed by atoms with Crippen LogP contribution in [0.1, 0.15) is 89.9 Å². The molecule has 0 aliphatic carbocycles. The molecule has 6 heteroatoms. The van der Waals surface area contributed by atoms with Crippen molar-refractivity contribution >= 4 is 11.9 Å². The first-order valence-electron chi connectivity index (χ1n) is 10.4. The van der Waals surface area contributed by atoms with Crippen LogP contribution in [0, 0.1) is 0 Å². The minimum atomic E-state index is -0.413. The van der Waals surface area contributed by atoms with E-state index in [0.717, 1.165) is 77.0 Å². The standard InChI is InChI=1S/C21H40O6/c1-25-19(15-11-7-5-9-13-17-21(24)27-3)18(22)14-10-6-4-8-12-16-20(23)26-2/h18-19,22H,4-17H2,1-3H3. The van der Waals surface area contributed by atoms with Gasteiger partial charge in [0, 0.05) is 20.0 Å². The van der Waals surface area contributed by atoms with Gasteiger partial charge in [0.2, 0.25) is 0 Å². The second-order valence-electron chi connectivity index (χ2n) is 7.11. The second kappa shape index (κ2) is 18.2. The largest absolute Gasteiger partial charge is 0.469 e. The number of carbonyl (C=O) groups is 2. The summed E-state index contributed by atoms with van der Waals surface area (Å²) < 4.78 is 14.7. The molecule has 0 heterocycles. The molecule has 160 valence electrons. The SMILES string of the molecule is COC(=O)CCCCCCCC(O)C(CCCCCCCC(=O)OC)OC. The lowest BCUT2D eigenvalue weighted by Gasteiger charge is -2.21. The number of carbonyl (C=O) groups excluding carboxylic acids is 2. The molecule has 1 N–H and O–H groups in total. The zero-order valence-electron chi connectivity index (χ0n) is 17.5. The van der Waals surface area contributed by atoms with Gasteiger partial charge in [-0.1, -0.05) is 51.4 Å². The van der Waals surface area contributed by atoms with Crippen LogP contribution in [-0.2, 0) is 23.8 Å². The highest BCUT2D eigenvalue weighted by molar-refractivity contribution is 5.69. The van der Waals surface area contributed by atoms with Crippen LogP contribution in [0.25, 0.3) is 0 Å². The number of unbranched alkanes of at least 4 members (excludes halogenated alkanes) is 8. The monoisotopic (exact) mass is 388 g/mol. The van der Waals surface area contributed by atoms with Crippen molar-refractivity contribution in [3.05, 3.63) is 0 Å². The molecule has 0 aliphatic heterocycles. The topological polar surface area (TPSA) is 82.1 Å². The second-order valence-corrected chi connectivity index (χ2v) is 7.11. The van der Waals surface area contributed by atoms with Gasteiger partial charge in [-0.3, -0.25) is 9.59 Å². The van der Waals surface area contributed by atoms with Crippen LogP contribution in [0.15, 0.2) is 0 Å². The summed E-state index contributed by atoms with van der Waals surface area (Å²) in [6, 6.07) is 0. The summed E-state index contributed by atoms with van der Waals surface area (Å²) >= 11 is 0. The number of aliphatic hydroxyl groups excluding tert-OH is 1. The number of aliphatic hydroxyl groups is 1. The van der Waals surface area contributed by atoms with Crippen molar-refractivity contribution in [2.24, 2.45) is 0 Å². The Kier molecular flexibility index (Phi) is 17.5. The molecule has 0 aliphatic rings. The first kappa shape index (κ1) is 25.9. The van der Waals surface area contributed by atoms with Gasteiger partial charge in [-0.05, 0) is 25.7 Å². The Morgan fingerprint density at radius 3 is 1.52 bits per heavy atom. The number of ether oxygens (including phenoxy) is 3. The molecule has 0 saturated carbocycles. The summed E-state index contributed by atoms with van der Waals surface area (Å²) in [5.41, 5.74) is 0. The van der Waals surface area contributed by atoms with E-state index in [1.807, 2.05) is 0 Å². The van der Waals surface area contributed by atoms with E-state index in [1.54, 1.807) is 7.11 Å². The fourth-order valence-corrected chi connectivity index (χ4v) is 3.16. The first-order chi connectivity index (χ1) is 13.0. The lowest BCUT2D eigenvalue weighted by molar-refractivity contribution is -0.141. The van der Waals surface area contributed by atoms with E-state index in [4.69, 9.17) is 4.74 Å². The van der Waals surface area contributed by atoms with Crippen molar-refractivity contribution in [2.45, 2.75) is 102 Å². The van der Waals surface area contributed by atoms with Gasteiger partial charge in [-0.2, -0.15) is 0 Å². The molecule has 0 radical (unpaired) electrons. The Morgan fingerprint density at radius 1 is 0.667 bits per heavy atom. The van der Waals surface area contributed by atoms with Crippen molar-refractivity contribution in [1.29, 1.82) is 0 Å². The maximum absolute atomic E-state index is 11.0. The number of methoxy groups -OCH3 is 3. The third-order valence-corrected chi connectivity index (χ3v) is 4.94. The van der Waals surface area contributed by atoms with Crippen LogP contribution in [0.2, 0.25) is 0 Å². The van der Waals surface area contributed by atoms with E-state index in [9.17, 15) is 14.7 Å². The molecule has 6 nitrogen and oxygen atoms in total. The molecule has 0 aromatic heterocycles. The summed E-state index contributed by atoms with van der Waals surface area (Å²) in [7, 11) is 4.50. The zero-order chi connectivity index (χ0) is 20.3. The Morgan fingerprint density at radius 2 is 1.07 bits per heavy atom. The molecule has 0 bridgehead atoms. The van der Waals surface area contributed by atoms with Crippen LogP contribution < -0.4 is 0 Å². The predicted octanol–water partition coefficient (Wildman–Crippen LogP) is 4.17. The Hall–Kier alpha value is -1.14. The van der Waals surface area contributed by atoms with Crippen LogP contribution in [0.3, 0.4) is 0 Å². The molecule has 0 aromatic rings. The molecule has 2 unspecified atom stereocenters. The minimum Gasteiger partial charge on any atom is -0.469 e. The molecule has 2 atom stereocenters. The van der Waals surface area contributed by atoms with Gasteiger partial charge in [0.1, 0.15) is 0 Å². The molecular formula is C21H40O6. The van der Waals surface area contributed by atoms with Crippen molar-refractivity contribution in [3.63, 3.8) is 0 Å². The van der Waals surface area contributed by atoms with Crippen molar-refractivity contribution < 1.29 is 28.9 Å². The van der Waals surface area contributed by atoms with E-state index >= 15 is 0 Å². The summed E-state index contributed by atoms with van der Waals surface area (Å²) in [5, 5.41) is 10.3. The van der Waals surface area contributed by atoms with E-state index in [1.165, 1.54) is 14.2 Å². The Labute approximate surface area is 164 Å². The molecule has 0 rings (SSSR count). The predicted molar refractivity (Wildman–Crippen MR) is 105 cm³/mol. The van der Waals surface area contributed by atoms with E-state index in [2.05, 4.69) is 9.47 Å². The van der Waals surface area contributed by atoms with Gasteiger partial charge in [-0.25, -0.2) is 0 Å². The smallest absolute Gasteiger partial charge is 0.305 e. The van der Waals surface area contributed by atoms with Crippen LogP contribution >= 0.6 is 0 Å². The molecule has 0 spiro atoms. The summed E-state index contributed by atoms with van der Waals surface area (Å²) in [5.74, 6) is -0.280. The molecule has 0 amide bonds. The third kappa shape index (κ3) is 15.6. The highest BCUT2D eigenvalue weighted by atomic mass is 16.5. The minimum absolute atomic E-state index is 0.0978. The van der Waals surface area contributed by atoms with Gasteiger partial charge in [-0.15, -0.1) is 0 Å². The van der Waals surface area contributed by atoms with E-state index in [0.29, 0.717) is 12.8 Å². The first-order valence-corrected chi connectivity index (χ1v) is 10.4. The van der Waals surface area contributed by atoms with Crippen molar-refractivity contribution in [2.75, 3.05) is 21.3 Å². The van der Waals surface area contributed by atoms with Crippen LogP contribution in [-0.4, -0.2) is 50.6 Å². The quantitative estimate of drug-likeness (QED) is 0.280. The average molecular weight is 389 g/mol. The molecule has 27 heavy (non-hydrogen) atoms. The molecule has 0 saturated heterocycles. The molecule has 0 aromatic carbocycles. The van der Waals surface area contributed by atoms with Gasteiger partial charge in [0.25, 0.3) is 0 Å².